The second-order valence-corrected chi connectivity index (χ2v) is 16.2. The van der Waals surface area contributed by atoms with E-state index < -0.39 is 0 Å². The van der Waals surface area contributed by atoms with Gasteiger partial charge in [0.1, 0.15) is 0 Å². The van der Waals surface area contributed by atoms with Gasteiger partial charge in [0, 0.05) is 51.0 Å². The number of rotatable bonds is 10. The zero-order valence-corrected chi connectivity index (χ0v) is 36.1. The molecule has 6 nitrogen and oxygen atoms in total. The van der Waals surface area contributed by atoms with Crippen molar-refractivity contribution in [1.82, 2.24) is 19.5 Å². The molecule has 11 rings (SSSR count). The van der Waals surface area contributed by atoms with Crippen LogP contribution < -0.4 is 9.80 Å². The Morgan fingerprint density at radius 2 is 0.815 bits per heavy atom. The first-order valence-corrected chi connectivity index (χ1v) is 22.0. The molecule has 0 spiro atoms. The zero-order chi connectivity index (χ0) is 43.7. The summed E-state index contributed by atoms with van der Waals surface area (Å²) in [4.78, 5) is 20.5. The van der Waals surface area contributed by atoms with Crippen molar-refractivity contribution in [2.24, 2.45) is 0 Å². The Bertz CT molecular complexity index is 3130. The van der Waals surface area contributed by atoms with Gasteiger partial charge in [0.25, 0.3) is 0 Å². The number of aromatic nitrogens is 4. The summed E-state index contributed by atoms with van der Waals surface area (Å²) in [5, 5.41) is 1.09. The first kappa shape index (κ1) is 39.3. The smallest absolute Gasteiger partial charge is 0.160 e. The third-order valence-electron chi connectivity index (χ3n) is 12.0. The molecule has 0 N–H and O–H groups in total. The first-order valence-electron chi connectivity index (χ1n) is 22.0. The van der Waals surface area contributed by atoms with Crippen molar-refractivity contribution >= 4 is 56.1 Å². The standard InChI is InChI=1S/C59H44N6/c1-41-22-21-35-50-55-57(42(2)36-37-60-55)65(56(41)50)58-53(63(46-27-13-5-14-28-46)47-29-15-6-16-30-47)38-45(39-54(58)64(48-31-17-7-18-32-48)49-33-19-8-20-34-49)52-40-51(43-23-9-3-10-24-43)61-59(62-52)44-25-11-4-12-26-44/h3-40H,1-2H3. The number of pyridine rings is 1. The number of hydrogen-bond acceptors (Lipinski definition) is 5. The molecule has 0 bridgehead atoms. The molecule has 0 fully saturated rings. The molecule has 0 aliphatic carbocycles. The van der Waals surface area contributed by atoms with Crippen molar-refractivity contribution in [3.05, 3.63) is 242 Å². The fourth-order valence-electron chi connectivity index (χ4n) is 9.07. The molecule has 65 heavy (non-hydrogen) atoms. The van der Waals surface area contributed by atoms with Gasteiger partial charge >= 0.3 is 0 Å². The average molecular weight is 837 g/mol. The van der Waals surface area contributed by atoms with Gasteiger partial charge in [-0.1, -0.05) is 152 Å². The average Bonchev–Trinajstić information content (AvgIpc) is 3.72. The summed E-state index contributed by atoms with van der Waals surface area (Å²) in [5.41, 5.74) is 16.8. The fraction of sp³-hybridized carbons (Fsp3) is 0.0339. The number of para-hydroxylation sites is 5. The maximum Gasteiger partial charge on any atom is 0.160 e. The molecule has 11 aromatic rings. The van der Waals surface area contributed by atoms with Crippen LogP contribution in [0.3, 0.4) is 0 Å². The highest BCUT2D eigenvalue weighted by Gasteiger charge is 2.30. The molecule has 0 saturated carbocycles. The Balaban J connectivity index is 1.36. The summed E-state index contributed by atoms with van der Waals surface area (Å²) in [6.45, 7) is 4.40. The van der Waals surface area contributed by atoms with Crippen LogP contribution in [-0.2, 0) is 0 Å². The molecule has 0 radical (unpaired) electrons. The van der Waals surface area contributed by atoms with E-state index in [-0.39, 0.29) is 0 Å². The maximum atomic E-state index is 5.45. The maximum absolute atomic E-state index is 5.45. The second-order valence-electron chi connectivity index (χ2n) is 16.2. The van der Waals surface area contributed by atoms with Crippen LogP contribution in [0.5, 0.6) is 0 Å². The fourth-order valence-corrected chi connectivity index (χ4v) is 9.07. The van der Waals surface area contributed by atoms with E-state index in [0.717, 1.165) is 101 Å². The Hall–Kier alpha value is -8.61. The van der Waals surface area contributed by atoms with Crippen LogP contribution in [0.2, 0.25) is 0 Å². The van der Waals surface area contributed by atoms with Crippen LogP contribution in [0.4, 0.5) is 34.1 Å². The summed E-state index contributed by atoms with van der Waals surface area (Å²) in [6.07, 6.45) is 1.93. The second kappa shape index (κ2) is 16.9. The van der Waals surface area contributed by atoms with Crippen LogP contribution in [0.25, 0.3) is 61.5 Å². The van der Waals surface area contributed by atoms with E-state index in [1.807, 2.05) is 30.5 Å². The normalized spacial score (nSPS) is 11.2. The minimum absolute atomic E-state index is 0.653. The van der Waals surface area contributed by atoms with Gasteiger partial charge in [0.05, 0.1) is 45.0 Å². The van der Waals surface area contributed by atoms with Crippen molar-refractivity contribution in [2.45, 2.75) is 13.8 Å². The summed E-state index contributed by atoms with van der Waals surface area (Å²) >= 11 is 0. The molecular weight excluding hydrogens is 793 g/mol. The Kier molecular flexibility index (Phi) is 10.2. The van der Waals surface area contributed by atoms with Gasteiger partial charge in [-0.2, -0.15) is 0 Å². The summed E-state index contributed by atoms with van der Waals surface area (Å²) in [6, 6.07) is 78.7. The number of benzene rings is 8. The van der Waals surface area contributed by atoms with E-state index in [1.54, 1.807) is 0 Å². The van der Waals surface area contributed by atoms with Gasteiger partial charge < -0.3 is 14.4 Å². The van der Waals surface area contributed by atoms with E-state index in [9.17, 15) is 0 Å². The molecule has 6 heteroatoms. The van der Waals surface area contributed by atoms with Crippen molar-refractivity contribution in [3.8, 4) is 39.6 Å². The van der Waals surface area contributed by atoms with Crippen molar-refractivity contribution in [3.63, 3.8) is 0 Å². The predicted octanol–water partition coefficient (Wildman–Crippen LogP) is 15.5. The summed E-state index contributed by atoms with van der Waals surface area (Å²) < 4.78 is 2.47. The molecule has 0 aliphatic heterocycles. The van der Waals surface area contributed by atoms with Gasteiger partial charge in [0.2, 0.25) is 0 Å². The van der Waals surface area contributed by atoms with Gasteiger partial charge in [-0.3, -0.25) is 4.98 Å². The summed E-state index contributed by atoms with van der Waals surface area (Å²) in [5.74, 6) is 0.653. The van der Waals surface area contributed by atoms with E-state index in [1.165, 1.54) is 0 Å². The molecule has 3 aromatic heterocycles. The van der Waals surface area contributed by atoms with E-state index in [0.29, 0.717) is 5.82 Å². The van der Waals surface area contributed by atoms with Gasteiger partial charge in [-0.15, -0.1) is 0 Å². The Labute approximate surface area is 379 Å². The third kappa shape index (κ3) is 7.27. The third-order valence-corrected chi connectivity index (χ3v) is 12.0. The molecule has 0 aliphatic rings. The van der Waals surface area contributed by atoms with Crippen LogP contribution >= 0.6 is 0 Å². The van der Waals surface area contributed by atoms with Crippen LogP contribution in [0, 0.1) is 13.8 Å². The minimum atomic E-state index is 0.653. The van der Waals surface area contributed by atoms with Crippen molar-refractivity contribution < 1.29 is 0 Å². The summed E-state index contributed by atoms with van der Waals surface area (Å²) in [7, 11) is 0. The van der Waals surface area contributed by atoms with Crippen molar-refractivity contribution in [2.75, 3.05) is 9.80 Å². The highest BCUT2D eigenvalue weighted by Crippen LogP contribution is 2.51. The van der Waals surface area contributed by atoms with Crippen LogP contribution in [0.15, 0.2) is 231 Å². The number of aryl methyl sites for hydroxylation is 2. The molecule has 310 valence electrons. The molecule has 8 aromatic carbocycles. The predicted molar refractivity (Wildman–Crippen MR) is 269 cm³/mol. The van der Waals surface area contributed by atoms with E-state index in [4.69, 9.17) is 15.0 Å². The quantitative estimate of drug-likeness (QED) is 0.137. The number of anilines is 6. The Morgan fingerprint density at radius 1 is 0.385 bits per heavy atom. The molecule has 0 unspecified atom stereocenters. The lowest BCUT2D eigenvalue weighted by atomic mass is 10.0. The zero-order valence-electron chi connectivity index (χ0n) is 36.1. The largest absolute Gasteiger partial charge is 0.308 e. The molecule has 3 heterocycles. The minimum Gasteiger partial charge on any atom is -0.308 e. The van der Waals surface area contributed by atoms with Gasteiger partial charge in [-0.25, -0.2) is 9.97 Å². The van der Waals surface area contributed by atoms with Crippen LogP contribution in [0.1, 0.15) is 11.1 Å². The Morgan fingerprint density at radius 3 is 1.31 bits per heavy atom. The SMILES string of the molecule is Cc1cccc2c3nccc(C)c3n(-c3c(N(c4ccccc4)c4ccccc4)cc(-c4cc(-c5ccccc5)nc(-c5ccccc5)n4)cc3N(c3ccccc3)c3ccccc3)c12. The van der Waals surface area contributed by atoms with Gasteiger partial charge in [-0.05, 0) is 97.8 Å². The van der Waals surface area contributed by atoms with E-state index in [2.05, 4.69) is 228 Å². The van der Waals surface area contributed by atoms with Crippen molar-refractivity contribution in [1.29, 1.82) is 0 Å². The van der Waals surface area contributed by atoms with Gasteiger partial charge in [0.15, 0.2) is 5.82 Å². The topological polar surface area (TPSA) is 50.1 Å². The number of hydrogen-bond donors (Lipinski definition) is 0. The van der Waals surface area contributed by atoms with Crippen LogP contribution in [-0.4, -0.2) is 19.5 Å². The lowest BCUT2D eigenvalue weighted by molar-refractivity contribution is 1.11. The highest BCUT2D eigenvalue weighted by molar-refractivity contribution is 6.11. The lowest BCUT2D eigenvalue weighted by Gasteiger charge is -2.34. The van der Waals surface area contributed by atoms with E-state index >= 15 is 0 Å². The molecular formula is C59H44N6. The lowest BCUT2D eigenvalue weighted by Crippen LogP contribution is -2.18. The number of fused-ring (bicyclic) bond motifs is 3. The molecule has 0 atom stereocenters. The molecule has 0 amide bonds. The first-order chi connectivity index (χ1) is 32.1. The highest BCUT2D eigenvalue weighted by atomic mass is 15.2. The molecule has 0 saturated heterocycles. The monoisotopic (exact) mass is 836 g/mol. The number of nitrogens with zero attached hydrogens (tertiary/aromatic N) is 6.